The largest absolute Gasteiger partial charge is 0.480 e. The molecule has 2 N–H and O–H groups in total. The molecule has 2 unspecified atom stereocenters. The summed E-state index contributed by atoms with van der Waals surface area (Å²) in [4.78, 5) is 23.9. The average Bonchev–Trinajstić information content (AvgIpc) is 2.15. The number of rotatable bonds is 4. The first kappa shape index (κ1) is 13.3. The molecule has 1 amide bonds. The zero-order chi connectivity index (χ0) is 12.1. The van der Waals surface area contributed by atoms with Gasteiger partial charge in [-0.3, -0.25) is 9.69 Å². The number of hydrogen-bond acceptors (Lipinski definition) is 4. The van der Waals surface area contributed by atoms with Crippen molar-refractivity contribution >= 4 is 23.6 Å². The predicted molar refractivity (Wildman–Crippen MR) is 63.6 cm³/mol. The van der Waals surface area contributed by atoms with Crippen LogP contribution in [0.2, 0.25) is 0 Å². The Morgan fingerprint density at radius 1 is 1.62 bits per heavy atom. The number of carbonyl (C=O) groups excluding carboxylic acids is 1. The van der Waals surface area contributed by atoms with Crippen molar-refractivity contribution in [1.82, 2.24) is 10.2 Å². The van der Waals surface area contributed by atoms with Crippen molar-refractivity contribution < 1.29 is 14.7 Å². The molecule has 1 aliphatic heterocycles. The molecule has 16 heavy (non-hydrogen) atoms. The summed E-state index contributed by atoms with van der Waals surface area (Å²) in [5.74, 6) is -0.249. The Balaban J connectivity index is 2.47. The van der Waals surface area contributed by atoms with Gasteiger partial charge in [0.05, 0.1) is 0 Å². The number of amides is 1. The van der Waals surface area contributed by atoms with Crippen molar-refractivity contribution in [1.29, 1.82) is 0 Å². The standard InChI is InChI=1S/C10H18N2O3S/c1-7-5-12(3-4-16-7)6-9(10(14)15)11-8(2)13/h7,9H,3-6H2,1-2H3,(H,11,13)(H,14,15). The van der Waals surface area contributed by atoms with Crippen LogP contribution in [0, 0.1) is 0 Å². The van der Waals surface area contributed by atoms with Gasteiger partial charge in [-0.05, 0) is 0 Å². The van der Waals surface area contributed by atoms with Crippen molar-refractivity contribution in [2.24, 2.45) is 0 Å². The number of hydrogen-bond donors (Lipinski definition) is 2. The molecule has 1 aliphatic rings. The second-order valence-electron chi connectivity index (χ2n) is 4.03. The van der Waals surface area contributed by atoms with Crippen molar-refractivity contribution in [2.45, 2.75) is 25.1 Å². The van der Waals surface area contributed by atoms with E-state index in [9.17, 15) is 9.59 Å². The third-order valence-electron chi connectivity index (χ3n) is 2.44. The molecule has 0 radical (unpaired) electrons. The Morgan fingerprint density at radius 2 is 2.31 bits per heavy atom. The van der Waals surface area contributed by atoms with Crippen LogP contribution < -0.4 is 5.32 Å². The molecule has 1 heterocycles. The lowest BCUT2D eigenvalue weighted by atomic mass is 10.2. The quantitative estimate of drug-likeness (QED) is 0.731. The van der Waals surface area contributed by atoms with E-state index in [0.717, 1.165) is 18.8 Å². The zero-order valence-electron chi connectivity index (χ0n) is 9.60. The van der Waals surface area contributed by atoms with Gasteiger partial charge in [-0.1, -0.05) is 6.92 Å². The molecule has 0 aromatic rings. The van der Waals surface area contributed by atoms with Gasteiger partial charge in [0.1, 0.15) is 6.04 Å². The Morgan fingerprint density at radius 3 is 2.81 bits per heavy atom. The highest BCUT2D eigenvalue weighted by molar-refractivity contribution is 7.99. The van der Waals surface area contributed by atoms with Crippen LogP contribution in [-0.4, -0.2) is 58.6 Å². The molecule has 0 bridgehead atoms. The molecular formula is C10H18N2O3S. The molecule has 5 nitrogen and oxygen atoms in total. The lowest BCUT2D eigenvalue weighted by Crippen LogP contribution is -2.50. The maximum atomic E-state index is 10.9. The molecule has 0 aromatic carbocycles. The van der Waals surface area contributed by atoms with E-state index in [2.05, 4.69) is 17.1 Å². The lowest BCUT2D eigenvalue weighted by Gasteiger charge is -2.32. The molecule has 0 saturated carbocycles. The number of nitrogens with zero attached hydrogens (tertiary/aromatic N) is 1. The smallest absolute Gasteiger partial charge is 0.327 e. The van der Waals surface area contributed by atoms with Gasteiger partial charge >= 0.3 is 5.97 Å². The second kappa shape index (κ2) is 6.10. The number of carboxylic acids is 1. The van der Waals surface area contributed by atoms with Gasteiger partial charge in [0.2, 0.25) is 5.91 Å². The summed E-state index contributed by atoms with van der Waals surface area (Å²) in [6, 6.07) is -0.798. The van der Waals surface area contributed by atoms with Crippen molar-refractivity contribution in [3.63, 3.8) is 0 Å². The lowest BCUT2D eigenvalue weighted by molar-refractivity contribution is -0.142. The van der Waals surface area contributed by atoms with Crippen LogP contribution in [0.5, 0.6) is 0 Å². The number of carboxylic acid groups (broad SMARTS) is 1. The summed E-state index contributed by atoms with van der Waals surface area (Å²) in [5.41, 5.74) is 0. The van der Waals surface area contributed by atoms with Crippen LogP contribution in [0.25, 0.3) is 0 Å². The normalized spacial score (nSPS) is 23.8. The van der Waals surface area contributed by atoms with Gasteiger partial charge in [0.25, 0.3) is 0 Å². The second-order valence-corrected chi connectivity index (χ2v) is 5.58. The molecule has 0 spiro atoms. The average molecular weight is 246 g/mol. The molecule has 0 aliphatic carbocycles. The molecule has 92 valence electrons. The van der Waals surface area contributed by atoms with Gasteiger partial charge < -0.3 is 10.4 Å². The van der Waals surface area contributed by atoms with Crippen molar-refractivity contribution in [3.05, 3.63) is 0 Å². The molecular weight excluding hydrogens is 228 g/mol. The predicted octanol–water partition coefficient (Wildman–Crippen LogP) is 0.0130. The zero-order valence-corrected chi connectivity index (χ0v) is 10.4. The van der Waals surface area contributed by atoms with E-state index in [-0.39, 0.29) is 5.91 Å². The topological polar surface area (TPSA) is 69.6 Å². The first-order chi connectivity index (χ1) is 7.49. The number of thioether (sulfide) groups is 1. The molecule has 1 fully saturated rings. The van der Waals surface area contributed by atoms with Crippen LogP contribution in [0.4, 0.5) is 0 Å². The summed E-state index contributed by atoms with van der Waals surface area (Å²) in [6.07, 6.45) is 0. The van der Waals surface area contributed by atoms with Crippen LogP contribution in [-0.2, 0) is 9.59 Å². The highest BCUT2D eigenvalue weighted by Crippen LogP contribution is 2.17. The first-order valence-corrected chi connectivity index (χ1v) is 6.37. The maximum Gasteiger partial charge on any atom is 0.327 e. The first-order valence-electron chi connectivity index (χ1n) is 5.33. The van der Waals surface area contributed by atoms with E-state index in [0.29, 0.717) is 11.8 Å². The number of carbonyl (C=O) groups is 2. The Hall–Kier alpha value is -0.750. The van der Waals surface area contributed by atoms with Gasteiger partial charge in [-0.2, -0.15) is 11.8 Å². The molecule has 1 saturated heterocycles. The summed E-state index contributed by atoms with van der Waals surface area (Å²) < 4.78 is 0. The molecule has 0 aromatic heterocycles. The van der Waals surface area contributed by atoms with Gasteiger partial charge in [0, 0.05) is 37.6 Å². The minimum atomic E-state index is -0.971. The fourth-order valence-corrected chi connectivity index (χ4v) is 2.83. The Kier molecular flexibility index (Phi) is 5.08. The fraction of sp³-hybridized carbons (Fsp3) is 0.800. The monoisotopic (exact) mass is 246 g/mol. The molecule has 6 heteroatoms. The molecule has 1 rings (SSSR count). The third-order valence-corrected chi connectivity index (χ3v) is 3.58. The fourth-order valence-electron chi connectivity index (χ4n) is 1.75. The van der Waals surface area contributed by atoms with E-state index >= 15 is 0 Å². The van der Waals surface area contributed by atoms with Crippen molar-refractivity contribution in [2.75, 3.05) is 25.4 Å². The van der Waals surface area contributed by atoms with E-state index in [4.69, 9.17) is 5.11 Å². The summed E-state index contributed by atoms with van der Waals surface area (Å²) >= 11 is 1.89. The third kappa shape index (κ3) is 4.40. The summed E-state index contributed by atoms with van der Waals surface area (Å²) in [5, 5.41) is 12.0. The SMILES string of the molecule is CC(=O)NC(CN1CCSC(C)C1)C(=O)O. The van der Waals surface area contributed by atoms with Gasteiger partial charge in [0.15, 0.2) is 0 Å². The van der Waals surface area contributed by atoms with Crippen LogP contribution in [0.1, 0.15) is 13.8 Å². The van der Waals surface area contributed by atoms with Crippen molar-refractivity contribution in [3.8, 4) is 0 Å². The Bertz CT molecular complexity index is 273. The van der Waals surface area contributed by atoms with Crippen LogP contribution in [0.3, 0.4) is 0 Å². The minimum absolute atomic E-state index is 0.299. The minimum Gasteiger partial charge on any atom is -0.480 e. The summed E-state index contributed by atoms with van der Waals surface area (Å²) in [7, 11) is 0. The van der Waals surface area contributed by atoms with Gasteiger partial charge in [-0.15, -0.1) is 0 Å². The maximum absolute atomic E-state index is 10.9. The van der Waals surface area contributed by atoms with E-state index in [1.165, 1.54) is 6.92 Å². The number of aliphatic carboxylic acids is 1. The van der Waals surface area contributed by atoms with Crippen LogP contribution >= 0.6 is 11.8 Å². The highest BCUT2D eigenvalue weighted by atomic mass is 32.2. The van der Waals surface area contributed by atoms with E-state index in [1.807, 2.05) is 11.8 Å². The van der Waals surface area contributed by atoms with E-state index < -0.39 is 12.0 Å². The Labute approximate surface area is 99.6 Å². The molecule has 2 atom stereocenters. The van der Waals surface area contributed by atoms with E-state index in [1.54, 1.807) is 0 Å². The van der Waals surface area contributed by atoms with Gasteiger partial charge in [-0.25, -0.2) is 4.79 Å². The summed E-state index contributed by atoms with van der Waals surface area (Å²) in [6.45, 7) is 5.63. The van der Waals surface area contributed by atoms with Crippen LogP contribution in [0.15, 0.2) is 0 Å². The highest BCUT2D eigenvalue weighted by Gasteiger charge is 2.24. The number of nitrogens with one attached hydrogen (secondary N) is 1.